The highest BCUT2D eigenvalue weighted by Gasteiger charge is 2.05. The number of benzene rings is 1. The Morgan fingerprint density at radius 1 is 1.37 bits per heavy atom. The maximum atomic E-state index is 11.6. The largest absolute Gasteiger partial charge is 0.349 e. The second-order valence-electron chi connectivity index (χ2n) is 4.94. The fourth-order valence-corrected chi connectivity index (χ4v) is 2.07. The molecule has 0 saturated heterocycles. The Morgan fingerprint density at radius 2 is 2.21 bits per heavy atom. The molecule has 1 heterocycles. The predicted molar refractivity (Wildman–Crippen MR) is 76.8 cm³/mol. The standard InChI is InChI=1S/C15H21N3O/c1-3-4-5-6-15(19)16-10-14-17-12-8-7-11(2)9-13(12)18-14/h7-9H,3-6,10H2,1-2H3,(H,16,19)(H,17,18). The van der Waals surface area contributed by atoms with Gasteiger partial charge in [-0.05, 0) is 31.0 Å². The molecule has 2 rings (SSSR count). The number of hydrogen-bond donors (Lipinski definition) is 2. The maximum Gasteiger partial charge on any atom is 0.220 e. The summed E-state index contributed by atoms with van der Waals surface area (Å²) in [6.45, 7) is 4.66. The van der Waals surface area contributed by atoms with Crippen molar-refractivity contribution >= 4 is 16.9 Å². The van der Waals surface area contributed by atoms with Crippen LogP contribution in [0.2, 0.25) is 0 Å². The van der Waals surface area contributed by atoms with Crippen molar-refractivity contribution in [2.75, 3.05) is 0 Å². The van der Waals surface area contributed by atoms with E-state index in [4.69, 9.17) is 0 Å². The summed E-state index contributed by atoms with van der Waals surface area (Å²) in [4.78, 5) is 19.3. The van der Waals surface area contributed by atoms with Gasteiger partial charge >= 0.3 is 0 Å². The summed E-state index contributed by atoms with van der Waals surface area (Å²) in [6.07, 6.45) is 3.81. The molecule has 2 N–H and O–H groups in total. The van der Waals surface area contributed by atoms with E-state index in [0.29, 0.717) is 13.0 Å². The number of aryl methyl sites for hydroxylation is 1. The molecule has 4 heteroatoms. The number of fused-ring (bicyclic) bond motifs is 1. The van der Waals surface area contributed by atoms with E-state index in [1.807, 2.05) is 12.1 Å². The topological polar surface area (TPSA) is 57.8 Å². The molecule has 1 aromatic heterocycles. The first-order chi connectivity index (χ1) is 9.19. The summed E-state index contributed by atoms with van der Waals surface area (Å²) in [5, 5.41) is 2.90. The molecule has 1 aromatic carbocycles. The zero-order chi connectivity index (χ0) is 13.7. The van der Waals surface area contributed by atoms with Crippen molar-refractivity contribution in [3.05, 3.63) is 29.6 Å². The van der Waals surface area contributed by atoms with Gasteiger partial charge in [0, 0.05) is 6.42 Å². The number of nitrogens with one attached hydrogen (secondary N) is 2. The summed E-state index contributed by atoms with van der Waals surface area (Å²) in [7, 11) is 0. The first-order valence-corrected chi connectivity index (χ1v) is 6.91. The van der Waals surface area contributed by atoms with Crippen molar-refractivity contribution in [1.29, 1.82) is 0 Å². The number of carbonyl (C=O) groups excluding carboxylic acids is 1. The number of unbranched alkanes of at least 4 members (excludes halogenated alkanes) is 2. The summed E-state index contributed by atoms with van der Waals surface area (Å²) in [5.74, 6) is 0.912. The molecule has 0 aliphatic carbocycles. The van der Waals surface area contributed by atoms with Crippen LogP contribution in [0.3, 0.4) is 0 Å². The van der Waals surface area contributed by atoms with Crippen LogP contribution >= 0.6 is 0 Å². The Kier molecular flexibility index (Phi) is 4.55. The van der Waals surface area contributed by atoms with Gasteiger partial charge in [-0.25, -0.2) is 4.98 Å². The van der Waals surface area contributed by atoms with Crippen LogP contribution in [0.1, 0.15) is 44.0 Å². The summed E-state index contributed by atoms with van der Waals surface area (Å²) in [5.41, 5.74) is 3.17. The van der Waals surface area contributed by atoms with E-state index in [-0.39, 0.29) is 5.91 Å². The Bertz CT molecular complexity index is 560. The molecule has 0 unspecified atom stereocenters. The van der Waals surface area contributed by atoms with Gasteiger partial charge in [-0.2, -0.15) is 0 Å². The highest BCUT2D eigenvalue weighted by Crippen LogP contribution is 2.13. The molecule has 102 valence electrons. The smallest absolute Gasteiger partial charge is 0.220 e. The number of nitrogens with zero attached hydrogens (tertiary/aromatic N) is 1. The van der Waals surface area contributed by atoms with Crippen molar-refractivity contribution in [3.8, 4) is 0 Å². The number of amides is 1. The lowest BCUT2D eigenvalue weighted by atomic mass is 10.2. The van der Waals surface area contributed by atoms with E-state index in [1.165, 1.54) is 5.56 Å². The molecule has 19 heavy (non-hydrogen) atoms. The van der Waals surface area contributed by atoms with Crippen molar-refractivity contribution in [2.24, 2.45) is 0 Å². The summed E-state index contributed by atoms with van der Waals surface area (Å²) in [6, 6.07) is 6.10. The first-order valence-electron chi connectivity index (χ1n) is 6.91. The molecule has 0 atom stereocenters. The molecule has 2 aromatic rings. The molecule has 0 aliphatic rings. The van der Waals surface area contributed by atoms with E-state index in [2.05, 4.69) is 35.2 Å². The van der Waals surface area contributed by atoms with Gasteiger partial charge in [0.05, 0.1) is 17.6 Å². The summed E-state index contributed by atoms with van der Waals surface area (Å²) >= 11 is 0. The van der Waals surface area contributed by atoms with Gasteiger partial charge in [0.1, 0.15) is 5.82 Å². The lowest BCUT2D eigenvalue weighted by Gasteiger charge is -2.02. The van der Waals surface area contributed by atoms with Gasteiger partial charge in [0.15, 0.2) is 0 Å². The number of H-pyrrole nitrogens is 1. The zero-order valence-electron chi connectivity index (χ0n) is 11.6. The zero-order valence-corrected chi connectivity index (χ0v) is 11.6. The molecule has 1 amide bonds. The normalized spacial score (nSPS) is 10.8. The van der Waals surface area contributed by atoms with Crippen LogP contribution in [-0.4, -0.2) is 15.9 Å². The molecule has 0 radical (unpaired) electrons. The van der Waals surface area contributed by atoms with Crippen LogP contribution < -0.4 is 5.32 Å². The van der Waals surface area contributed by atoms with Crippen molar-refractivity contribution < 1.29 is 4.79 Å². The number of imidazole rings is 1. The monoisotopic (exact) mass is 259 g/mol. The molecule has 0 saturated carbocycles. The van der Waals surface area contributed by atoms with E-state index in [0.717, 1.165) is 36.1 Å². The number of carbonyl (C=O) groups is 1. The Balaban J connectivity index is 1.89. The van der Waals surface area contributed by atoms with Gasteiger partial charge in [-0.1, -0.05) is 25.8 Å². The Labute approximate surface area is 113 Å². The average molecular weight is 259 g/mol. The van der Waals surface area contributed by atoms with Crippen molar-refractivity contribution in [3.63, 3.8) is 0 Å². The lowest BCUT2D eigenvalue weighted by molar-refractivity contribution is -0.121. The SMILES string of the molecule is CCCCCC(=O)NCc1nc2ccc(C)cc2[nH]1. The molecule has 0 fully saturated rings. The van der Waals surface area contributed by atoms with Gasteiger partial charge in [-0.15, -0.1) is 0 Å². The summed E-state index contributed by atoms with van der Waals surface area (Å²) < 4.78 is 0. The third-order valence-corrected chi connectivity index (χ3v) is 3.15. The quantitative estimate of drug-likeness (QED) is 0.783. The molecular weight excluding hydrogens is 238 g/mol. The van der Waals surface area contributed by atoms with Gasteiger partial charge in [0.2, 0.25) is 5.91 Å². The number of aromatic nitrogens is 2. The third-order valence-electron chi connectivity index (χ3n) is 3.15. The maximum absolute atomic E-state index is 11.6. The molecule has 0 spiro atoms. The predicted octanol–water partition coefficient (Wildman–Crippen LogP) is 3.07. The van der Waals surface area contributed by atoms with E-state index in [1.54, 1.807) is 0 Å². The number of aromatic amines is 1. The highest BCUT2D eigenvalue weighted by atomic mass is 16.1. The molecular formula is C15H21N3O. The number of rotatable bonds is 6. The van der Waals surface area contributed by atoms with Crippen LogP contribution in [-0.2, 0) is 11.3 Å². The Morgan fingerprint density at radius 3 is 3.00 bits per heavy atom. The van der Waals surface area contributed by atoms with Crippen LogP contribution in [0.15, 0.2) is 18.2 Å². The van der Waals surface area contributed by atoms with Crippen molar-refractivity contribution in [2.45, 2.75) is 46.1 Å². The third kappa shape index (κ3) is 3.81. The van der Waals surface area contributed by atoms with Crippen LogP contribution in [0.4, 0.5) is 0 Å². The van der Waals surface area contributed by atoms with E-state index in [9.17, 15) is 4.79 Å². The molecule has 4 nitrogen and oxygen atoms in total. The highest BCUT2D eigenvalue weighted by molar-refractivity contribution is 5.77. The van der Waals surface area contributed by atoms with Crippen LogP contribution in [0.5, 0.6) is 0 Å². The van der Waals surface area contributed by atoms with Crippen molar-refractivity contribution in [1.82, 2.24) is 15.3 Å². The lowest BCUT2D eigenvalue weighted by Crippen LogP contribution is -2.22. The molecule has 0 bridgehead atoms. The Hall–Kier alpha value is -1.84. The van der Waals surface area contributed by atoms with Crippen LogP contribution in [0, 0.1) is 6.92 Å². The van der Waals surface area contributed by atoms with Gasteiger partial charge < -0.3 is 10.3 Å². The minimum atomic E-state index is 0.102. The second-order valence-corrected chi connectivity index (χ2v) is 4.94. The minimum Gasteiger partial charge on any atom is -0.349 e. The average Bonchev–Trinajstić information content (AvgIpc) is 2.78. The molecule has 0 aliphatic heterocycles. The van der Waals surface area contributed by atoms with Gasteiger partial charge in [-0.3, -0.25) is 4.79 Å². The minimum absolute atomic E-state index is 0.102. The fraction of sp³-hybridized carbons (Fsp3) is 0.467. The second kappa shape index (κ2) is 6.36. The van der Waals surface area contributed by atoms with Gasteiger partial charge in [0.25, 0.3) is 0 Å². The van der Waals surface area contributed by atoms with Crippen LogP contribution in [0.25, 0.3) is 11.0 Å². The number of hydrogen-bond acceptors (Lipinski definition) is 2. The van der Waals surface area contributed by atoms with E-state index < -0.39 is 0 Å². The van der Waals surface area contributed by atoms with E-state index >= 15 is 0 Å². The first kappa shape index (κ1) is 13.6. The fourth-order valence-electron chi connectivity index (χ4n) is 2.07.